The molecule has 26 heavy (non-hydrogen) atoms. The van der Waals surface area contributed by atoms with Gasteiger partial charge in [0.2, 0.25) is 0 Å². The van der Waals surface area contributed by atoms with Gasteiger partial charge in [0, 0.05) is 12.3 Å². The zero-order chi connectivity index (χ0) is 19.4. The third-order valence-electron chi connectivity index (χ3n) is 3.45. The third-order valence-corrected chi connectivity index (χ3v) is 4.29. The number of nitrogens with one attached hydrogen (secondary N) is 1. The second-order valence-electron chi connectivity index (χ2n) is 5.24. The summed E-state index contributed by atoms with van der Waals surface area (Å²) in [7, 11) is 0. The molecule has 0 fully saturated rings. The van der Waals surface area contributed by atoms with Gasteiger partial charge in [-0.3, -0.25) is 14.9 Å². The quantitative estimate of drug-likeness (QED) is 0.467. The molecule has 1 aromatic heterocycles. The molecule has 0 bridgehead atoms. The number of hydrogen-bond donors (Lipinski definition) is 1. The standard InChI is InChI=1S/C16H13Cl2N3O5/c1-8-4-3-5-11(21(24)25)13(8)16(23)26-7-12(22)20-15-14(18)9(2)10(17)6-19-15/h3-6H,7H2,1-2H3,(H,19,20,22). The smallest absolute Gasteiger partial charge is 0.345 e. The van der Waals surface area contributed by atoms with Crippen LogP contribution >= 0.6 is 23.2 Å². The topological polar surface area (TPSA) is 111 Å². The lowest BCUT2D eigenvalue weighted by Crippen LogP contribution is -2.22. The van der Waals surface area contributed by atoms with Gasteiger partial charge in [-0.2, -0.15) is 0 Å². The molecule has 0 atom stereocenters. The Morgan fingerprint density at radius 1 is 1.31 bits per heavy atom. The number of esters is 1. The Balaban J connectivity index is 2.08. The van der Waals surface area contributed by atoms with E-state index in [0.29, 0.717) is 16.1 Å². The molecular weight excluding hydrogens is 385 g/mol. The van der Waals surface area contributed by atoms with E-state index in [1.165, 1.54) is 31.3 Å². The Labute approximate surface area is 158 Å². The van der Waals surface area contributed by atoms with E-state index in [-0.39, 0.29) is 16.4 Å². The summed E-state index contributed by atoms with van der Waals surface area (Å²) in [5.74, 6) is -1.61. The summed E-state index contributed by atoms with van der Waals surface area (Å²) in [5, 5.41) is 13.9. The maximum Gasteiger partial charge on any atom is 0.345 e. The molecule has 0 aliphatic rings. The van der Waals surface area contributed by atoms with Crippen LogP contribution in [0.4, 0.5) is 11.5 Å². The van der Waals surface area contributed by atoms with Crippen LogP contribution in [0.3, 0.4) is 0 Å². The number of pyridine rings is 1. The molecule has 136 valence electrons. The molecule has 1 heterocycles. The first-order chi connectivity index (χ1) is 12.2. The molecule has 0 saturated heterocycles. The number of carbonyl (C=O) groups excluding carboxylic acids is 2. The summed E-state index contributed by atoms with van der Waals surface area (Å²) in [6, 6.07) is 4.17. The number of nitrogens with zero attached hydrogens (tertiary/aromatic N) is 2. The molecule has 0 unspecified atom stereocenters. The second-order valence-corrected chi connectivity index (χ2v) is 6.03. The van der Waals surface area contributed by atoms with Crippen LogP contribution in [0.2, 0.25) is 10.0 Å². The Bertz CT molecular complexity index is 902. The van der Waals surface area contributed by atoms with E-state index in [9.17, 15) is 19.7 Å². The molecule has 0 aliphatic heterocycles. The first-order valence-corrected chi connectivity index (χ1v) is 7.99. The Morgan fingerprint density at radius 2 is 2.00 bits per heavy atom. The van der Waals surface area contributed by atoms with Gasteiger partial charge in [0.1, 0.15) is 5.56 Å². The average Bonchev–Trinajstić information content (AvgIpc) is 2.60. The molecular formula is C16H13Cl2N3O5. The summed E-state index contributed by atoms with van der Waals surface area (Å²) < 4.78 is 4.88. The molecule has 2 aromatic rings. The highest BCUT2D eigenvalue weighted by Gasteiger charge is 2.24. The number of aromatic nitrogens is 1. The zero-order valence-electron chi connectivity index (χ0n) is 13.7. The van der Waals surface area contributed by atoms with Crippen LogP contribution in [0.1, 0.15) is 21.5 Å². The number of carbonyl (C=O) groups is 2. The van der Waals surface area contributed by atoms with E-state index in [1.807, 2.05) is 0 Å². The van der Waals surface area contributed by atoms with Crippen LogP contribution in [0.25, 0.3) is 0 Å². The fourth-order valence-electron chi connectivity index (χ4n) is 2.09. The largest absolute Gasteiger partial charge is 0.452 e. The van der Waals surface area contributed by atoms with Crippen molar-refractivity contribution < 1.29 is 19.2 Å². The van der Waals surface area contributed by atoms with Crippen molar-refractivity contribution >= 4 is 46.6 Å². The van der Waals surface area contributed by atoms with Crippen molar-refractivity contribution in [1.82, 2.24) is 4.98 Å². The van der Waals surface area contributed by atoms with Gasteiger partial charge in [-0.15, -0.1) is 0 Å². The van der Waals surface area contributed by atoms with Crippen LogP contribution in [-0.4, -0.2) is 28.4 Å². The number of halogens is 2. The highest BCUT2D eigenvalue weighted by Crippen LogP contribution is 2.28. The number of nitro benzene ring substituents is 1. The van der Waals surface area contributed by atoms with Crippen LogP contribution in [-0.2, 0) is 9.53 Å². The Kier molecular flexibility index (Phi) is 6.12. The number of amides is 1. The predicted molar refractivity (Wildman–Crippen MR) is 95.7 cm³/mol. The number of benzene rings is 1. The summed E-state index contributed by atoms with van der Waals surface area (Å²) in [5.41, 5.74) is 0.297. The van der Waals surface area contributed by atoms with Gasteiger partial charge in [-0.1, -0.05) is 35.3 Å². The van der Waals surface area contributed by atoms with Crippen molar-refractivity contribution in [1.29, 1.82) is 0 Å². The maximum absolute atomic E-state index is 12.1. The van der Waals surface area contributed by atoms with Gasteiger partial charge in [0.05, 0.1) is 15.0 Å². The highest BCUT2D eigenvalue weighted by atomic mass is 35.5. The van der Waals surface area contributed by atoms with Gasteiger partial charge in [0.25, 0.3) is 11.6 Å². The van der Waals surface area contributed by atoms with E-state index >= 15 is 0 Å². The van der Waals surface area contributed by atoms with Gasteiger partial charge in [0.15, 0.2) is 12.4 Å². The fourth-order valence-corrected chi connectivity index (χ4v) is 2.48. The van der Waals surface area contributed by atoms with Gasteiger partial charge in [-0.25, -0.2) is 9.78 Å². The van der Waals surface area contributed by atoms with E-state index < -0.39 is 29.1 Å². The molecule has 1 amide bonds. The van der Waals surface area contributed by atoms with Crippen LogP contribution in [0.15, 0.2) is 24.4 Å². The molecule has 2 rings (SSSR count). The lowest BCUT2D eigenvalue weighted by atomic mass is 10.1. The summed E-state index contributed by atoms with van der Waals surface area (Å²) >= 11 is 11.9. The summed E-state index contributed by atoms with van der Waals surface area (Å²) in [6.45, 7) is 2.52. The van der Waals surface area contributed by atoms with Crippen LogP contribution in [0, 0.1) is 24.0 Å². The number of rotatable bonds is 5. The van der Waals surface area contributed by atoms with Crippen molar-refractivity contribution in [2.24, 2.45) is 0 Å². The van der Waals surface area contributed by atoms with E-state index in [0.717, 1.165) is 0 Å². The Hall–Kier alpha value is -2.71. The minimum Gasteiger partial charge on any atom is -0.452 e. The monoisotopic (exact) mass is 397 g/mol. The fraction of sp³-hybridized carbons (Fsp3) is 0.188. The SMILES string of the molecule is Cc1cccc([N+](=O)[O-])c1C(=O)OCC(=O)Nc1ncc(Cl)c(C)c1Cl. The van der Waals surface area contributed by atoms with Crippen molar-refractivity contribution in [3.8, 4) is 0 Å². The van der Waals surface area contributed by atoms with Crippen LogP contribution < -0.4 is 5.32 Å². The molecule has 8 nitrogen and oxygen atoms in total. The molecule has 0 saturated carbocycles. The minimum absolute atomic E-state index is 0.0662. The summed E-state index contributed by atoms with van der Waals surface area (Å²) in [6.07, 6.45) is 1.32. The number of aryl methyl sites for hydroxylation is 1. The van der Waals surface area contributed by atoms with Crippen molar-refractivity contribution in [2.75, 3.05) is 11.9 Å². The molecule has 0 spiro atoms. The lowest BCUT2D eigenvalue weighted by molar-refractivity contribution is -0.385. The first-order valence-electron chi connectivity index (χ1n) is 7.24. The molecule has 10 heteroatoms. The number of anilines is 1. The lowest BCUT2D eigenvalue weighted by Gasteiger charge is -2.10. The summed E-state index contributed by atoms with van der Waals surface area (Å²) in [4.78, 5) is 38.3. The predicted octanol–water partition coefficient (Wildman–Crippen LogP) is 3.71. The molecule has 1 aromatic carbocycles. The minimum atomic E-state index is -0.976. The number of nitro groups is 1. The van der Waals surface area contributed by atoms with E-state index in [4.69, 9.17) is 27.9 Å². The number of ether oxygens (including phenoxy) is 1. The molecule has 1 N–H and O–H groups in total. The second kappa shape index (κ2) is 8.11. The van der Waals surface area contributed by atoms with Gasteiger partial charge < -0.3 is 10.1 Å². The van der Waals surface area contributed by atoms with Gasteiger partial charge >= 0.3 is 5.97 Å². The zero-order valence-corrected chi connectivity index (χ0v) is 15.2. The normalized spacial score (nSPS) is 10.3. The number of hydrogen-bond acceptors (Lipinski definition) is 6. The first kappa shape index (κ1) is 19.6. The Morgan fingerprint density at radius 3 is 2.65 bits per heavy atom. The van der Waals surface area contributed by atoms with E-state index in [2.05, 4.69) is 10.3 Å². The van der Waals surface area contributed by atoms with E-state index in [1.54, 1.807) is 6.92 Å². The highest BCUT2D eigenvalue weighted by molar-refractivity contribution is 6.37. The molecule has 0 radical (unpaired) electrons. The maximum atomic E-state index is 12.1. The van der Waals surface area contributed by atoms with Gasteiger partial charge in [-0.05, 0) is 25.0 Å². The average molecular weight is 398 g/mol. The van der Waals surface area contributed by atoms with Crippen molar-refractivity contribution in [3.63, 3.8) is 0 Å². The van der Waals surface area contributed by atoms with Crippen molar-refractivity contribution in [2.45, 2.75) is 13.8 Å². The molecule has 0 aliphatic carbocycles. The van der Waals surface area contributed by atoms with Crippen molar-refractivity contribution in [3.05, 3.63) is 61.2 Å². The van der Waals surface area contributed by atoms with Crippen LogP contribution in [0.5, 0.6) is 0 Å². The third kappa shape index (κ3) is 4.27.